The first-order chi connectivity index (χ1) is 7.10. The molecule has 0 spiro atoms. The number of hydrazine groups is 1. The number of methoxy groups -OCH3 is 1. The van der Waals surface area contributed by atoms with Gasteiger partial charge in [0.2, 0.25) is 0 Å². The van der Waals surface area contributed by atoms with Gasteiger partial charge in [-0.2, -0.15) is 0 Å². The second-order valence-corrected chi connectivity index (χ2v) is 2.84. The largest absolute Gasteiger partial charge is 0.496 e. The second kappa shape index (κ2) is 4.63. The number of hydrogen-bond donors (Lipinski definition) is 4. The van der Waals surface area contributed by atoms with Gasteiger partial charge in [0.05, 0.1) is 7.11 Å². The lowest BCUT2D eigenvalue weighted by molar-refractivity contribution is -0.147. The van der Waals surface area contributed by atoms with Crippen molar-refractivity contribution < 1.29 is 19.7 Å². The van der Waals surface area contributed by atoms with Gasteiger partial charge in [-0.1, -0.05) is 0 Å². The number of aliphatic hydroxyl groups excluding tert-OH is 1. The number of carboxylic acid groups (broad SMARTS) is 1. The van der Waals surface area contributed by atoms with Crippen molar-refractivity contribution in [1.29, 1.82) is 0 Å². The van der Waals surface area contributed by atoms with Gasteiger partial charge in [0.1, 0.15) is 5.75 Å². The van der Waals surface area contributed by atoms with Gasteiger partial charge < -0.3 is 20.4 Å². The molecule has 0 fully saturated rings. The van der Waals surface area contributed by atoms with E-state index < -0.39 is 12.1 Å². The number of aliphatic hydroxyl groups is 1. The van der Waals surface area contributed by atoms with Gasteiger partial charge >= 0.3 is 5.97 Å². The van der Waals surface area contributed by atoms with Crippen molar-refractivity contribution in [2.24, 2.45) is 5.84 Å². The predicted octanol–water partition coefficient (Wildman–Crippen LogP) is 0.0988. The third kappa shape index (κ3) is 2.36. The van der Waals surface area contributed by atoms with Crippen LogP contribution in [0, 0.1) is 0 Å². The Hall–Kier alpha value is -1.79. The minimum absolute atomic E-state index is 0.153. The lowest BCUT2D eigenvalue weighted by Crippen LogP contribution is -2.13. The number of benzene rings is 1. The standard InChI is InChI=1S/C9H12N2O4/c1-15-7-3-2-5(11-10)4-6(7)8(12)9(13)14/h2-4,8,11-12H,10H2,1H3,(H,13,14). The smallest absolute Gasteiger partial charge is 0.337 e. The normalized spacial score (nSPS) is 11.9. The molecule has 0 radical (unpaired) electrons. The van der Waals surface area contributed by atoms with Crippen LogP contribution in [-0.2, 0) is 4.79 Å². The number of nitrogen functional groups attached to an aromatic ring is 1. The van der Waals surface area contributed by atoms with Crippen molar-refractivity contribution >= 4 is 11.7 Å². The van der Waals surface area contributed by atoms with E-state index in [4.69, 9.17) is 15.7 Å². The van der Waals surface area contributed by atoms with Crippen LogP contribution in [0.5, 0.6) is 5.75 Å². The van der Waals surface area contributed by atoms with Crippen LogP contribution in [0.2, 0.25) is 0 Å². The highest BCUT2D eigenvalue weighted by Crippen LogP contribution is 2.28. The molecular weight excluding hydrogens is 200 g/mol. The summed E-state index contributed by atoms with van der Waals surface area (Å²) in [6.07, 6.45) is -1.63. The summed E-state index contributed by atoms with van der Waals surface area (Å²) in [6, 6.07) is 4.55. The summed E-state index contributed by atoms with van der Waals surface area (Å²) >= 11 is 0. The van der Waals surface area contributed by atoms with E-state index in [1.54, 1.807) is 6.07 Å². The molecule has 0 bridgehead atoms. The average Bonchev–Trinajstić information content (AvgIpc) is 2.27. The molecule has 5 N–H and O–H groups in total. The number of carbonyl (C=O) groups is 1. The molecular formula is C9H12N2O4. The van der Waals surface area contributed by atoms with Crippen LogP contribution >= 0.6 is 0 Å². The molecule has 0 aliphatic carbocycles. The summed E-state index contributed by atoms with van der Waals surface area (Å²) in [5, 5.41) is 18.0. The Balaban J connectivity index is 3.16. The number of aliphatic carboxylic acids is 1. The van der Waals surface area contributed by atoms with Gasteiger partial charge in [-0.05, 0) is 18.2 Å². The molecule has 0 amide bonds. The number of hydrogen-bond acceptors (Lipinski definition) is 5. The molecule has 0 saturated carbocycles. The predicted molar refractivity (Wildman–Crippen MR) is 53.4 cm³/mol. The first-order valence-electron chi connectivity index (χ1n) is 4.15. The lowest BCUT2D eigenvalue weighted by Gasteiger charge is -2.12. The SMILES string of the molecule is COc1ccc(NN)cc1C(O)C(=O)O. The minimum Gasteiger partial charge on any atom is -0.496 e. The van der Waals surface area contributed by atoms with Gasteiger partial charge in [0, 0.05) is 11.3 Å². The summed E-state index contributed by atoms with van der Waals surface area (Å²) in [4.78, 5) is 10.6. The summed E-state index contributed by atoms with van der Waals surface area (Å²) in [5.41, 5.74) is 3.00. The molecule has 1 atom stereocenters. The van der Waals surface area contributed by atoms with E-state index >= 15 is 0 Å². The van der Waals surface area contributed by atoms with Gasteiger partial charge in [0.15, 0.2) is 6.10 Å². The minimum atomic E-state index is -1.63. The van der Waals surface area contributed by atoms with Crippen molar-refractivity contribution in [3.05, 3.63) is 23.8 Å². The fraction of sp³-hybridized carbons (Fsp3) is 0.222. The highest BCUT2D eigenvalue weighted by atomic mass is 16.5. The zero-order valence-electron chi connectivity index (χ0n) is 8.10. The highest BCUT2D eigenvalue weighted by molar-refractivity contribution is 5.76. The summed E-state index contributed by atoms with van der Waals surface area (Å²) in [6.45, 7) is 0. The van der Waals surface area contributed by atoms with Gasteiger partial charge in [0.25, 0.3) is 0 Å². The van der Waals surface area contributed by atoms with Gasteiger partial charge in [-0.15, -0.1) is 0 Å². The molecule has 0 aliphatic rings. The maximum atomic E-state index is 10.6. The van der Waals surface area contributed by atoms with E-state index in [9.17, 15) is 9.90 Å². The molecule has 0 aliphatic heterocycles. The second-order valence-electron chi connectivity index (χ2n) is 2.84. The fourth-order valence-corrected chi connectivity index (χ4v) is 1.17. The molecule has 0 heterocycles. The maximum absolute atomic E-state index is 10.6. The van der Waals surface area contributed by atoms with E-state index in [0.29, 0.717) is 11.4 Å². The van der Waals surface area contributed by atoms with E-state index in [1.165, 1.54) is 19.2 Å². The van der Waals surface area contributed by atoms with Crippen molar-refractivity contribution in [3.63, 3.8) is 0 Å². The van der Waals surface area contributed by atoms with Crippen LogP contribution in [0.3, 0.4) is 0 Å². The Labute approximate surface area is 86.2 Å². The summed E-state index contributed by atoms with van der Waals surface area (Å²) in [5.74, 6) is 4.12. The van der Waals surface area contributed by atoms with Crippen molar-refractivity contribution in [1.82, 2.24) is 0 Å². The number of nitrogens with two attached hydrogens (primary N) is 1. The fourth-order valence-electron chi connectivity index (χ4n) is 1.17. The molecule has 0 aromatic heterocycles. The molecule has 1 aromatic rings. The van der Waals surface area contributed by atoms with Crippen molar-refractivity contribution in [3.8, 4) is 5.75 Å². The maximum Gasteiger partial charge on any atom is 0.337 e. The topological polar surface area (TPSA) is 105 Å². The molecule has 82 valence electrons. The molecule has 0 saturated heterocycles. The average molecular weight is 212 g/mol. The van der Waals surface area contributed by atoms with Gasteiger partial charge in [-0.25, -0.2) is 4.79 Å². The third-order valence-electron chi connectivity index (χ3n) is 1.92. The number of ether oxygens (including phenoxy) is 1. The van der Waals surface area contributed by atoms with Crippen LogP contribution in [0.4, 0.5) is 5.69 Å². The lowest BCUT2D eigenvalue weighted by atomic mass is 10.1. The molecule has 6 nitrogen and oxygen atoms in total. The first kappa shape index (κ1) is 11.3. The van der Waals surface area contributed by atoms with Gasteiger partial charge in [-0.3, -0.25) is 5.84 Å². The Kier molecular flexibility index (Phi) is 3.48. The number of nitrogens with one attached hydrogen (secondary N) is 1. The highest BCUT2D eigenvalue weighted by Gasteiger charge is 2.20. The Morgan fingerprint density at radius 1 is 1.60 bits per heavy atom. The zero-order chi connectivity index (χ0) is 11.4. The summed E-state index contributed by atoms with van der Waals surface area (Å²) in [7, 11) is 1.39. The monoisotopic (exact) mass is 212 g/mol. The first-order valence-corrected chi connectivity index (χ1v) is 4.15. The van der Waals surface area contributed by atoms with Crippen LogP contribution in [0.15, 0.2) is 18.2 Å². The van der Waals surface area contributed by atoms with Crippen LogP contribution in [0.1, 0.15) is 11.7 Å². The number of rotatable bonds is 4. The Morgan fingerprint density at radius 2 is 2.27 bits per heavy atom. The van der Waals surface area contributed by atoms with E-state index in [1.807, 2.05) is 0 Å². The molecule has 6 heteroatoms. The van der Waals surface area contributed by atoms with Crippen LogP contribution in [0.25, 0.3) is 0 Å². The Bertz CT molecular complexity index is 367. The number of carboxylic acids is 1. The Morgan fingerprint density at radius 3 is 2.73 bits per heavy atom. The number of anilines is 1. The van der Waals surface area contributed by atoms with Crippen LogP contribution in [-0.4, -0.2) is 23.3 Å². The van der Waals surface area contributed by atoms with E-state index in [-0.39, 0.29) is 5.56 Å². The third-order valence-corrected chi connectivity index (χ3v) is 1.92. The summed E-state index contributed by atoms with van der Waals surface area (Å²) < 4.78 is 4.92. The van der Waals surface area contributed by atoms with E-state index in [2.05, 4.69) is 5.43 Å². The molecule has 1 aromatic carbocycles. The van der Waals surface area contributed by atoms with Crippen molar-refractivity contribution in [2.45, 2.75) is 6.10 Å². The molecule has 1 unspecified atom stereocenters. The molecule has 1 rings (SSSR count). The van der Waals surface area contributed by atoms with Crippen molar-refractivity contribution in [2.75, 3.05) is 12.5 Å². The van der Waals surface area contributed by atoms with Crippen LogP contribution < -0.4 is 16.0 Å². The molecule has 15 heavy (non-hydrogen) atoms. The zero-order valence-corrected chi connectivity index (χ0v) is 8.10. The van der Waals surface area contributed by atoms with E-state index in [0.717, 1.165) is 0 Å². The quantitative estimate of drug-likeness (QED) is 0.416.